The Bertz CT molecular complexity index is 941. The Morgan fingerprint density at radius 2 is 2.04 bits per heavy atom. The van der Waals surface area contributed by atoms with Crippen LogP contribution in [0.2, 0.25) is 0 Å². The standard InChI is InChI=1S/C18H16O5/c1-2-10-5-12-16(7-14(10)19)21-8-13(18(12)20)11-3-4-15-17(6-11)23-9-22-15/h3-8,10,14,19H,2,9H2,1H3. The van der Waals surface area contributed by atoms with Crippen LogP contribution in [0, 0.1) is 5.92 Å². The number of rotatable bonds is 2. The molecule has 1 N–H and O–H groups in total. The summed E-state index contributed by atoms with van der Waals surface area (Å²) < 4.78 is 16.2. The quantitative estimate of drug-likeness (QED) is 0.896. The molecule has 2 atom stereocenters. The number of aliphatic hydroxyl groups excluding tert-OH is 1. The highest BCUT2D eigenvalue weighted by atomic mass is 16.7. The molecule has 2 aromatic rings. The lowest BCUT2D eigenvalue weighted by atomic mass is 9.93. The van der Waals surface area contributed by atoms with Crippen molar-refractivity contribution in [3.63, 3.8) is 0 Å². The van der Waals surface area contributed by atoms with E-state index in [2.05, 4.69) is 0 Å². The zero-order valence-corrected chi connectivity index (χ0v) is 12.6. The lowest BCUT2D eigenvalue weighted by molar-refractivity contribution is 0.174. The van der Waals surface area contributed by atoms with Gasteiger partial charge in [0.1, 0.15) is 11.7 Å². The average Bonchev–Trinajstić information content (AvgIpc) is 3.02. The molecule has 1 aromatic heterocycles. The Hall–Kier alpha value is -2.53. The summed E-state index contributed by atoms with van der Waals surface area (Å²) in [6.45, 7) is 2.17. The zero-order chi connectivity index (χ0) is 16.0. The van der Waals surface area contributed by atoms with Crippen molar-refractivity contribution in [2.75, 3.05) is 6.79 Å². The molecule has 0 saturated carbocycles. The van der Waals surface area contributed by atoms with Gasteiger partial charge in [0, 0.05) is 5.92 Å². The third-order valence-corrected chi connectivity index (χ3v) is 4.35. The Balaban J connectivity index is 1.90. The third kappa shape index (κ3) is 2.24. The van der Waals surface area contributed by atoms with Crippen LogP contribution in [0.15, 0.2) is 33.7 Å². The first kappa shape index (κ1) is 14.1. The lowest BCUT2D eigenvalue weighted by Crippen LogP contribution is -2.44. The van der Waals surface area contributed by atoms with E-state index in [1.807, 2.05) is 19.1 Å². The molecular formula is C18H16O5. The van der Waals surface area contributed by atoms with Gasteiger partial charge >= 0.3 is 0 Å². The molecule has 0 spiro atoms. The van der Waals surface area contributed by atoms with E-state index >= 15 is 0 Å². The molecule has 23 heavy (non-hydrogen) atoms. The molecular weight excluding hydrogens is 296 g/mol. The molecule has 5 heteroatoms. The van der Waals surface area contributed by atoms with Crippen LogP contribution in [0.3, 0.4) is 0 Å². The van der Waals surface area contributed by atoms with Crippen molar-refractivity contribution in [2.45, 2.75) is 19.4 Å². The first-order valence-electron chi connectivity index (χ1n) is 7.61. The molecule has 0 radical (unpaired) electrons. The molecule has 2 unspecified atom stereocenters. The van der Waals surface area contributed by atoms with E-state index in [1.54, 1.807) is 18.2 Å². The minimum atomic E-state index is -0.618. The monoisotopic (exact) mass is 312 g/mol. The van der Waals surface area contributed by atoms with Gasteiger partial charge in [-0.2, -0.15) is 0 Å². The number of aliphatic hydroxyl groups is 1. The summed E-state index contributed by atoms with van der Waals surface area (Å²) >= 11 is 0. The Morgan fingerprint density at radius 3 is 2.87 bits per heavy atom. The van der Waals surface area contributed by atoms with Crippen molar-refractivity contribution >= 4 is 12.2 Å². The van der Waals surface area contributed by atoms with Gasteiger partial charge in [-0.25, -0.2) is 0 Å². The maximum Gasteiger partial charge on any atom is 0.231 e. The predicted octanol–water partition coefficient (Wildman–Crippen LogP) is 0.997. The lowest BCUT2D eigenvalue weighted by Gasteiger charge is -2.17. The smallest absolute Gasteiger partial charge is 0.231 e. The summed E-state index contributed by atoms with van der Waals surface area (Å²) in [5, 5.41) is 10.5. The zero-order valence-electron chi connectivity index (χ0n) is 12.6. The first-order valence-corrected chi connectivity index (χ1v) is 7.61. The highest BCUT2D eigenvalue weighted by Crippen LogP contribution is 2.34. The number of fused-ring (bicyclic) bond motifs is 2. The topological polar surface area (TPSA) is 68.9 Å². The van der Waals surface area contributed by atoms with E-state index in [-0.39, 0.29) is 18.1 Å². The van der Waals surface area contributed by atoms with Crippen molar-refractivity contribution in [1.82, 2.24) is 0 Å². The van der Waals surface area contributed by atoms with Crippen molar-refractivity contribution in [3.05, 3.63) is 45.3 Å². The molecule has 1 aliphatic heterocycles. The second-order valence-corrected chi connectivity index (χ2v) is 5.72. The van der Waals surface area contributed by atoms with Crippen molar-refractivity contribution in [1.29, 1.82) is 0 Å². The van der Waals surface area contributed by atoms with E-state index in [4.69, 9.17) is 13.9 Å². The van der Waals surface area contributed by atoms with Crippen LogP contribution in [0.1, 0.15) is 13.3 Å². The minimum absolute atomic E-state index is 0.0718. The van der Waals surface area contributed by atoms with Gasteiger partial charge in [0.2, 0.25) is 6.79 Å². The van der Waals surface area contributed by atoms with Crippen molar-refractivity contribution < 1.29 is 19.0 Å². The maximum atomic E-state index is 12.8. The molecule has 0 bridgehead atoms. The number of ether oxygens (including phenoxy) is 2. The molecule has 4 rings (SSSR count). The van der Waals surface area contributed by atoms with Gasteiger partial charge in [-0.15, -0.1) is 0 Å². The van der Waals surface area contributed by atoms with Gasteiger partial charge in [0.05, 0.1) is 16.9 Å². The van der Waals surface area contributed by atoms with Crippen LogP contribution in [0.25, 0.3) is 23.3 Å². The van der Waals surface area contributed by atoms with E-state index < -0.39 is 6.10 Å². The fraction of sp³-hybridized carbons (Fsp3) is 0.278. The second kappa shape index (κ2) is 5.28. The minimum Gasteiger partial charge on any atom is -0.464 e. The molecule has 0 fully saturated rings. The van der Waals surface area contributed by atoms with E-state index in [0.29, 0.717) is 27.7 Å². The van der Waals surface area contributed by atoms with E-state index in [1.165, 1.54) is 6.26 Å². The molecule has 0 amide bonds. The molecule has 0 saturated heterocycles. The maximum absolute atomic E-state index is 12.8. The Labute approximate surface area is 132 Å². The summed E-state index contributed by atoms with van der Waals surface area (Å²) in [6, 6.07) is 5.37. The van der Waals surface area contributed by atoms with Crippen LogP contribution < -0.4 is 25.5 Å². The van der Waals surface area contributed by atoms with Gasteiger partial charge in [-0.3, -0.25) is 4.79 Å². The van der Waals surface area contributed by atoms with Crippen molar-refractivity contribution in [3.8, 4) is 22.6 Å². The molecule has 2 heterocycles. The number of hydrogen-bond acceptors (Lipinski definition) is 5. The normalized spacial score (nSPS) is 21.3. The van der Waals surface area contributed by atoms with Gasteiger partial charge in [0.25, 0.3) is 0 Å². The second-order valence-electron chi connectivity index (χ2n) is 5.72. The van der Waals surface area contributed by atoms with Crippen LogP contribution in [-0.4, -0.2) is 18.0 Å². The van der Waals surface area contributed by atoms with Gasteiger partial charge in [0.15, 0.2) is 16.9 Å². The SMILES string of the molecule is CCC1C=c2c(occ(-c3ccc4c(c3)OCO4)c2=O)=CC1O. The van der Waals surface area contributed by atoms with Crippen molar-refractivity contribution in [2.24, 2.45) is 5.92 Å². The fourth-order valence-electron chi connectivity index (χ4n) is 3.00. The molecule has 1 aliphatic carbocycles. The largest absolute Gasteiger partial charge is 0.464 e. The highest BCUT2D eigenvalue weighted by Gasteiger charge is 2.20. The number of benzene rings is 1. The van der Waals surface area contributed by atoms with E-state index in [9.17, 15) is 9.90 Å². The Kier molecular flexibility index (Phi) is 3.23. The van der Waals surface area contributed by atoms with Crippen LogP contribution in [0.4, 0.5) is 0 Å². The predicted molar refractivity (Wildman–Crippen MR) is 84.5 cm³/mol. The third-order valence-electron chi connectivity index (χ3n) is 4.35. The highest BCUT2D eigenvalue weighted by molar-refractivity contribution is 5.67. The first-order chi connectivity index (χ1) is 11.2. The summed E-state index contributed by atoms with van der Waals surface area (Å²) in [7, 11) is 0. The molecule has 2 aliphatic rings. The van der Waals surface area contributed by atoms with Gasteiger partial charge in [-0.05, 0) is 30.2 Å². The number of hydrogen-bond donors (Lipinski definition) is 1. The molecule has 118 valence electrons. The summed E-state index contributed by atoms with van der Waals surface area (Å²) in [4.78, 5) is 12.8. The van der Waals surface area contributed by atoms with Gasteiger partial charge in [-0.1, -0.05) is 19.1 Å². The summed E-state index contributed by atoms with van der Waals surface area (Å²) in [6.07, 6.45) is 4.98. The summed E-state index contributed by atoms with van der Waals surface area (Å²) in [5.74, 6) is 1.22. The van der Waals surface area contributed by atoms with Gasteiger partial charge < -0.3 is 19.0 Å². The van der Waals surface area contributed by atoms with Crippen LogP contribution in [-0.2, 0) is 0 Å². The molecule has 1 aromatic carbocycles. The molecule has 5 nitrogen and oxygen atoms in total. The van der Waals surface area contributed by atoms with E-state index in [0.717, 1.165) is 12.0 Å². The van der Waals surface area contributed by atoms with Crippen LogP contribution >= 0.6 is 0 Å². The summed E-state index contributed by atoms with van der Waals surface area (Å²) in [5.41, 5.74) is 1.51. The Morgan fingerprint density at radius 1 is 1.22 bits per heavy atom. The fourth-order valence-corrected chi connectivity index (χ4v) is 3.00. The average molecular weight is 312 g/mol. The van der Waals surface area contributed by atoms with Crippen LogP contribution in [0.5, 0.6) is 11.5 Å².